The van der Waals surface area contributed by atoms with Crippen LogP contribution in [0.5, 0.6) is 5.75 Å². The van der Waals surface area contributed by atoms with Crippen LogP contribution >= 0.6 is 0 Å². The molecule has 1 spiro atoms. The van der Waals surface area contributed by atoms with E-state index in [-0.39, 0.29) is 17.3 Å². The first kappa shape index (κ1) is 15.3. The van der Waals surface area contributed by atoms with Crippen molar-refractivity contribution in [1.29, 1.82) is 0 Å². The molecule has 124 valence electrons. The van der Waals surface area contributed by atoms with Crippen molar-refractivity contribution in [2.45, 2.75) is 31.6 Å². The van der Waals surface area contributed by atoms with Gasteiger partial charge in [0.25, 0.3) is 0 Å². The van der Waals surface area contributed by atoms with Gasteiger partial charge in [0.1, 0.15) is 5.75 Å². The Labute approximate surface area is 142 Å². The number of fused-ring (bicyclic) bond motifs is 2. The molecule has 4 rings (SSSR count). The van der Waals surface area contributed by atoms with E-state index in [1.165, 1.54) is 16.7 Å². The average molecular weight is 322 g/mol. The van der Waals surface area contributed by atoms with Gasteiger partial charge in [0.2, 0.25) is 0 Å². The molecule has 0 aromatic heterocycles. The van der Waals surface area contributed by atoms with Crippen LogP contribution in [0.3, 0.4) is 0 Å². The lowest BCUT2D eigenvalue weighted by Gasteiger charge is -2.13. The predicted molar refractivity (Wildman–Crippen MR) is 92.4 cm³/mol. The van der Waals surface area contributed by atoms with Gasteiger partial charge < -0.3 is 9.84 Å². The molecule has 2 aliphatic carbocycles. The Bertz CT molecular complexity index is 768. The van der Waals surface area contributed by atoms with Gasteiger partial charge in [-0.2, -0.15) is 0 Å². The van der Waals surface area contributed by atoms with Gasteiger partial charge in [-0.25, -0.2) is 0 Å². The molecule has 0 radical (unpaired) electrons. The molecule has 3 heteroatoms. The lowest BCUT2D eigenvalue weighted by atomic mass is 9.93. The summed E-state index contributed by atoms with van der Waals surface area (Å²) >= 11 is 0. The molecule has 1 saturated carbocycles. The SMILES string of the molecule is C[C@H]1C(C(=O)O)C12CCc1ccc(OCCc3ccccc3)cc12. The topological polar surface area (TPSA) is 46.5 Å². The van der Waals surface area contributed by atoms with E-state index >= 15 is 0 Å². The highest BCUT2D eigenvalue weighted by Gasteiger charge is 2.68. The number of carboxylic acid groups (broad SMARTS) is 1. The molecule has 1 N–H and O–H groups in total. The van der Waals surface area contributed by atoms with Gasteiger partial charge in [-0.05, 0) is 47.6 Å². The quantitative estimate of drug-likeness (QED) is 0.909. The summed E-state index contributed by atoms with van der Waals surface area (Å²) in [6, 6.07) is 16.5. The van der Waals surface area contributed by atoms with Crippen LogP contribution in [-0.2, 0) is 23.1 Å². The van der Waals surface area contributed by atoms with E-state index in [9.17, 15) is 9.90 Å². The largest absolute Gasteiger partial charge is 0.493 e. The van der Waals surface area contributed by atoms with Crippen LogP contribution in [-0.4, -0.2) is 17.7 Å². The fourth-order valence-corrected chi connectivity index (χ4v) is 4.56. The molecular formula is C21H22O3. The Morgan fingerprint density at radius 3 is 2.75 bits per heavy atom. The van der Waals surface area contributed by atoms with Crippen molar-refractivity contribution in [2.75, 3.05) is 6.61 Å². The van der Waals surface area contributed by atoms with Crippen molar-refractivity contribution >= 4 is 5.97 Å². The van der Waals surface area contributed by atoms with Crippen LogP contribution in [0.2, 0.25) is 0 Å². The van der Waals surface area contributed by atoms with E-state index in [0.717, 1.165) is 25.0 Å². The summed E-state index contributed by atoms with van der Waals surface area (Å²) in [5.41, 5.74) is 3.61. The van der Waals surface area contributed by atoms with Crippen LogP contribution < -0.4 is 4.74 Å². The van der Waals surface area contributed by atoms with E-state index in [1.54, 1.807) is 0 Å². The van der Waals surface area contributed by atoms with Crippen LogP contribution in [0.4, 0.5) is 0 Å². The molecule has 2 aliphatic rings. The van der Waals surface area contributed by atoms with E-state index in [4.69, 9.17) is 4.74 Å². The number of ether oxygens (including phenoxy) is 1. The van der Waals surface area contributed by atoms with Crippen molar-refractivity contribution in [1.82, 2.24) is 0 Å². The predicted octanol–water partition coefficient (Wildman–Crippen LogP) is 3.84. The summed E-state index contributed by atoms with van der Waals surface area (Å²) in [4.78, 5) is 11.5. The maximum absolute atomic E-state index is 11.5. The zero-order chi connectivity index (χ0) is 16.7. The van der Waals surface area contributed by atoms with Gasteiger partial charge >= 0.3 is 5.97 Å². The van der Waals surface area contributed by atoms with Gasteiger partial charge in [-0.3, -0.25) is 4.79 Å². The molecule has 0 aliphatic heterocycles. The summed E-state index contributed by atoms with van der Waals surface area (Å²) in [7, 11) is 0. The number of hydrogen-bond acceptors (Lipinski definition) is 2. The van der Waals surface area contributed by atoms with Crippen molar-refractivity contribution in [3.8, 4) is 5.75 Å². The second-order valence-corrected chi connectivity index (χ2v) is 7.05. The summed E-state index contributed by atoms with van der Waals surface area (Å²) in [6.07, 6.45) is 2.80. The summed E-state index contributed by atoms with van der Waals surface area (Å²) in [6.45, 7) is 2.70. The van der Waals surface area contributed by atoms with Gasteiger partial charge in [0, 0.05) is 11.8 Å². The molecule has 2 unspecified atom stereocenters. The third-order valence-corrected chi connectivity index (χ3v) is 5.92. The van der Waals surface area contributed by atoms with Crippen LogP contribution in [0, 0.1) is 11.8 Å². The molecule has 0 saturated heterocycles. The fourth-order valence-electron chi connectivity index (χ4n) is 4.56. The minimum absolute atomic E-state index is 0.153. The Morgan fingerprint density at radius 1 is 1.25 bits per heavy atom. The first-order chi connectivity index (χ1) is 11.6. The monoisotopic (exact) mass is 322 g/mol. The molecule has 0 amide bonds. The van der Waals surface area contributed by atoms with Crippen molar-refractivity contribution in [3.05, 3.63) is 65.2 Å². The average Bonchev–Trinajstić information content (AvgIpc) is 3.01. The van der Waals surface area contributed by atoms with E-state index in [2.05, 4.69) is 31.2 Å². The minimum atomic E-state index is -0.661. The first-order valence-electron chi connectivity index (χ1n) is 8.66. The number of rotatable bonds is 5. The number of carbonyl (C=O) groups is 1. The normalized spacial score (nSPS) is 27.0. The molecule has 1 fully saturated rings. The van der Waals surface area contributed by atoms with E-state index < -0.39 is 5.97 Å². The van der Waals surface area contributed by atoms with E-state index in [0.29, 0.717) is 6.61 Å². The lowest BCUT2D eigenvalue weighted by Crippen LogP contribution is -2.12. The van der Waals surface area contributed by atoms with Gasteiger partial charge in [-0.1, -0.05) is 43.3 Å². The Kier molecular flexibility index (Phi) is 3.60. The number of aryl methyl sites for hydroxylation is 1. The first-order valence-corrected chi connectivity index (χ1v) is 8.66. The lowest BCUT2D eigenvalue weighted by molar-refractivity contribution is -0.139. The molecule has 3 atom stereocenters. The zero-order valence-electron chi connectivity index (χ0n) is 13.9. The third kappa shape index (κ3) is 2.31. The van der Waals surface area contributed by atoms with Crippen LogP contribution in [0.1, 0.15) is 30.0 Å². The standard InChI is InChI=1S/C21H22O3/c1-14-19(20(22)23)21(14)11-9-16-7-8-17(13-18(16)21)24-12-10-15-5-3-2-4-6-15/h2-8,13-14,19H,9-12H2,1H3,(H,22,23)/t14-,19?,21?/m0/s1. The second kappa shape index (κ2) is 5.66. The highest BCUT2D eigenvalue weighted by molar-refractivity contribution is 5.79. The molecule has 24 heavy (non-hydrogen) atoms. The highest BCUT2D eigenvalue weighted by Crippen LogP contribution is 2.66. The minimum Gasteiger partial charge on any atom is -0.493 e. The van der Waals surface area contributed by atoms with E-state index in [1.807, 2.05) is 24.3 Å². The summed E-state index contributed by atoms with van der Waals surface area (Å²) in [5, 5.41) is 9.48. The van der Waals surface area contributed by atoms with Crippen molar-refractivity contribution < 1.29 is 14.6 Å². The maximum atomic E-state index is 11.5. The number of aliphatic carboxylic acids is 1. The molecule has 2 aromatic rings. The fraction of sp³-hybridized carbons (Fsp3) is 0.381. The zero-order valence-corrected chi connectivity index (χ0v) is 13.9. The smallest absolute Gasteiger partial charge is 0.307 e. The van der Waals surface area contributed by atoms with Gasteiger partial charge in [0.05, 0.1) is 12.5 Å². The number of hydrogen-bond donors (Lipinski definition) is 1. The third-order valence-electron chi connectivity index (χ3n) is 5.92. The Morgan fingerprint density at radius 2 is 2.04 bits per heavy atom. The molecule has 0 bridgehead atoms. The molecule has 2 aromatic carbocycles. The van der Waals surface area contributed by atoms with Crippen LogP contribution in [0.25, 0.3) is 0 Å². The van der Waals surface area contributed by atoms with Crippen molar-refractivity contribution in [3.63, 3.8) is 0 Å². The molecular weight excluding hydrogens is 300 g/mol. The van der Waals surface area contributed by atoms with Crippen LogP contribution in [0.15, 0.2) is 48.5 Å². The molecule has 0 heterocycles. The summed E-state index contributed by atoms with van der Waals surface area (Å²) < 4.78 is 5.94. The van der Waals surface area contributed by atoms with Gasteiger partial charge in [0.15, 0.2) is 0 Å². The Balaban J connectivity index is 1.49. The van der Waals surface area contributed by atoms with Crippen molar-refractivity contribution in [2.24, 2.45) is 11.8 Å². The second-order valence-electron chi connectivity index (χ2n) is 7.05. The Hall–Kier alpha value is -2.29. The maximum Gasteiger partial charge on any atom is 0.307 e. The number of benzene rings is 2. The summed E-state index contributed by atoms with van der Waals surface area (Å²) in [5.74, 6) is 0.175. The van der Waals surface area contributed by atoms with Gasteiger partial charge in [-0.15, -0.1) is 0 Å². The number of carboxylic acids is 1. The molecule has 3 nitrogen and oxygen atoms in total. The highest BCUT2D eigenvalue weighted by atomic mass is 16.5.